The van der Waals surface area contributed by atoms with Gasteiger partial charge in [0, 0.05) is 45.3 Å². The summed E-state index contributed by atoms with van der Waals surface area (Å²) >= 11 is 1.70. The predicted octanol–water partition coefficient (Wildman–Crippen LogP) is 2.25. The molecule has 0 atom stereocenters. The monoisotopic (exact) mass is 368 g/mol. The van der Waals surface area contributed by atoms with Gasteiger partial charge in [-0.3, -0.25) is 9.98 Å². The summed E-state index contributed by atoms with van der Waals surface area (Å²) in [4.78, 5) is 13.9. The van der Waals surface area contributed by atoms with Gasteiger partial charge in [0.2, 0.25) is 0 Å². The highest BCUT2D eigenvalue weighted by Crippen LogP contribution is 2.26. The molecule has 134 valence electrons. The van der Waals surface area contributed by atoms with Crippen molar-refractivity contribution in [1.29, 1.82) is 0 Å². The van der Waals surface area contributed by atoms with E-state index in [0.29, 0.717) is 35.9 Å². The van der Waals surface area contributed by atoms with Gasteiger partial charge in [0.15, 0.2) is 0 Å². The second kappa shape index (κ2) is 8.41. The fourth-order valence-electron chi connectivity index (χ4n) is 2.38. The van der Waals surface area contributed by atoms with Gasteiger partial charge in [0.05, 0.1) is 31.1 Å². The zero-order valence-electron chi connectivity index (χ0n) is 14.1. The number of hydrogen-bond acceptors (Lipinski definition) is 8. The minimum atomic E-state index is -0.0129. The average Bonchev–Trinajstić information content (AvgIpc) is 3.08. The number of aromatic nitrogens is 2. The Hall–Kier alpha value is -2.97. The number of aliphatic hydroxyl groups is 1. The van der Waals surface area contributed by atoms with Crippen LogP contribution in [0, 0.1) is 0 Å². The fraction of sp³-hybridized carbons (Fsp3) is 0.167. The lowest BCUT2D eigenvalue weighted by molar-refractivity contribution is 0.307. The van der Waals surface area contributed by atoms with Gasteiger partial charge in [-0.15, -0.1) is 11.3 Å². The number of nitrogens with two attached hydrogens (primary N) is 2. The SMILES string of the molecule is NC=C(C=NCCO)c1ccc(N)c(NCc2cc3cnccc3s2)n1. The summed E-state index contributed by atoms with van der Waals surface area (Å²) in [7, 11) is 0. The number of nitrogens with zero attached hydrogens (tertiary/aromatic N) is 3. The van der Waals surface area contributed by atoms with Crippen molar-refractivity contribution in [3.63, 3.8) is 0 Å². The van der Waals surface area contributed by atoms with Gasteiger partial charge in [-0.25, -0.2) is 4.98 Å². The number of fused-ring (bicyclic) bond motifs is 1. The number of rotatable bonds is 7. The number of allylic oxidation sites excluding steroid dienone is 1. The van der Waals surface area contributed by atoms with Crippen molar-refractivity contribution >= 4 is 44.7 Å². The van der Waals surface area contributed by atoms with Gasteiger partial charge in [0.25, 0.3) is 0 Å². The number of anilines is 2. The van der Waals surface area contributed by atoms with Gasteiger partial charge in [-0.2, -0.15) is 0 Å². The molecule has 8 heteroatoms. The molecule has 3 rings (SSSR count). The number of pyridine rings is 2. The second-order valence-corrected chi connectivity index (χ2v) is 6.66. The van der Waals surface area contributed by atoms with Crippen molar-refractivity contribution in [2.45, 2.75) is 6.54 Å². The van der Waals surface area contributed by atoms with Crippen molar-refractivity contribution in [2.75, 3.05) is 24.2 Å². The Kier molecular flexibility index (Phi) is 5.77. The van der Waals surface area contributed by atoms with Crippen molar-refractivity contribution in [3.05, 3.63) is 53.4 Å². The first-order chi connectivity index (χ1) is 12.7. The van der Waals surface area contributed by atoms with Gasteiger partial charge < -0.3 is 21.9 Å². The van der Waals surface area contributed by atoms with Gasteiger partial charge in [-0.05, 0) is 24.3 Å². The Bertz CT molecular complexity index is 917. The lowest BCUT2D eigenvalue weighted by Gasteiger charge is -2.10. The molecule has 0 aliphatic rings. The molecular weight excluding hydrogens is 348 g/mol. The van der Waals surface area contributed by atoms with Crippen LogP contribution in [0.25, 0.3) is 15.7 Å². The lowest BCUT2D eigenvalue weighted by atomic mass is 10.2. The Morgan fingerprint density at radius 3 is 3.00 bits per heavy atom. The molecule has 0 saturated heterocycles. The Morgan fingerprint density at radius 1 is 1.35 bits per heavy atom. The summed E-state index contributed by atoms with van der Waals surface area (Å²) in [5, 5.41) is 13.2. The maximum Gasteiger partial charge on any atom is 0.150 e. The Morgan fingerprint density at radius 2 is 2.23 bits per heavy atom. The smallest absolute Gasteiger partial charge is 0.150 e. The largest absolute Gasteiger partial charge is 0.404 e. The van der Waals surface area contributed by atoms with Crippen LogP contribution in [0.5, 0.6) is 0 Å². The average molecular weight is 368 g/mol. The quantitative estimate of drug-likeness (QED) is 0.474. The minimum absolute atomic E-state index is 0.0129. The number of hydrogen-bond donors (Lipinski definition) is 4. The molecule has 0 bridgehead atoms. The molecule has 0 saturated carbocycles. The molecule has 0 spiro atoms. The van der Waals surface area contributed by atoms with E-state index in [1.54, 1.807) is 35.9 Å². The highest BCUT2D eigenvalue weighted by molar-refractivity contribution is 7.19. The van der Waals surface area contributed by atoms with Crippen molar-refractivity contribution < 1.29 is 5.11 Å². The Labute approximate surface area is 155 Å². The fourth-order valence-corrected chi connectivity index (χ4v) is 3.36. The highest BCUT2D eigenvalue weighted by Gasteiger charge is 2.07. The van der Waals surface area contributed by atoms with Crippen LogP contribution in [0.1, 0.15) is 10.6 Å². The van der Waals surface area contributed by atoms with E-state index in [1.807, 2.05) is 12.3 Å². The first-order valence-electron chi connectivity index (χ1n) is 8.07. The minimum Gasteiger partial charge on any atom is -0.404 e. The summed E-state index contributed by atoms with van der Waals surface area (Å²) in [5.74, 6) is 0.591. The molecule has 3 aromatic heterocycles. The third-order valence-electron chi connectivity index (χ3n) is 3.66. The first-order valence-corrected chi connectivity index (χ1v) is 8.88. The molecule has 0 radical (unpaired) electrons. The number of aliphatic imine (C=N–C) groups is 1. The topological polar surface area (TPSA) is 122 Å². The van der Waals surface area contributed by atoms with Crippen LogP contribution in [0.4, 0.5) is 11.5 Å². The molecule has 0 aliphatic heterocycles. The molecule has 6 N–H and O–H groups in total. The molecule has 0 aromatic carbocycles. The first kappa shape index (κ1) is 17.8. The van der Waals surface area contributed by atoms with Gasteiger partial charge in [-0.1, -0.05) is 0 Å². The van der Waals surface area contributed by atoms with Crippen LogP contribution >= 0.6 is 11.3 Å². The summed E-state index contributed by atoms with van der Waals surface area (Å²) in [6.45, 7) is 0.916. The van der Waals surface area contributed by atoms with E-state index in [2.05, 4.69) is 26.3 Å². The van der Waals surface area contributed by atoms with E-state index in [9.17, 15) is 0 Å². The van der Waals surface area contributed by atoms with E-state index >= 15 is 0 Å². The lowest BCUT2D eigenvalue weighted by Crippen LogP contribution is -2.06. The van der Waals surface area contributed by atoms with E-state index < -0.39 is 0 Å². The van der Waals surface area contributed by atoms with E-state index in [0.717, 1.165) is 5.39 Å². The summed E-state index contributed by atoms with van der Waals surface area (Å²) < 4.78 is 1.19. The number of aliphatic hydroxyl groups excluding tert-OH is 1. The van der Waals surface area contributed by atoms with E-state index in [-0.39, 0.29) is 6.61 Å². The zero-order chi connectivity index (χ0) is 18.4. The van der Waals surface area contributed by atoms with Crippen LogP contribution in [-0.4, -0.2) is 34.4 Å². The molecule has 0 amide bonds. The summed E-state index contributed by atoms with van der Waals surface area (Å²) in [6, 6.07) is 7.67. The number of thiophene rings is 1. The van der Waals surface area contributed by atoms with Crippen molar-refractivity contribution in [2.24, 2.45) is 10.7 Å². The van der Waals surface area contributed by atoms with Crippen LogP contribution < -0.4 is 16.8 Å². The van der Waals surface area contributed by atoms with Crippen molar-refractivity contribution in [1.82, 2.24) is 9.97 Å². The second-order valence-electron chi connectivity index (χ2n) is 5.49. The van der Waals surface area contributed by atoms with Crippen LogP contribution in [0.2, 0.25) is 0 Å². The molecule has 0 fully saturated rings. The molecule has 7 nitrogen and oxygen atoms in total. The number of nitrogens with one attached hydrogen (secondary N) is 1. The molecular formula is C18H20N6OS. The molecule has 3 aromatic rings. The zero-order valence-corrected chi connectivity index (χ0v) is 14.9. The maximum absolute atomic E-state index is 8.82. The maximum atomic E-state index is 8.82. The van der Waals surface area contributed by atoms with E-state index in [1.165, 1.54) is 15.8 Å². The third kappa shape index (κ3) is 4.16. The summed E-state index contributed by atoms with van der Waals surface area (Å²) in [5.41, 5.74) is 13.6. The van der Waals surface area contributed by atoms with Crippen LogP contribution in [-0.2, 0) is 6.54 Å². The summed E-state index contributed by atoms with van der Waals surface area (Å²) in [6.07, 6.45) is 6.67. The molecule has 3 heterocycles. The normalized spacial score (nSPS) is 12.1. The highest BCUT2D eigenvalue weighted by atomic mass is 32.1. The predicted molar refractivity (Wildman–Crippen MR) is 108 cm³/mol. The van der Waals surface area contributed by atoms with Crippen LogP contribution in [0.15, 0.2) is 47.9 Å². The molecule has 26 heavy (non-hydrogen) atoms. The van der Waals surface area contributed by atoms with Crippen molar-refractivity contribution in [3.8, 4) is 0 Å². The molecule has 0 unspecified atom stereocenters. The standard InChI is InChI=1S/C18H20N6OS/c19-8-13(10-22-5-6-25)16-2-1-15(20)18(24-16)23-11-14-7-12-9-21-4-3-17(12)26-14/h1-4,7-10,25H,5-6,11,19-20H2,(H,23,24). The van der Waals surface area contributed by atoms with Gasteiger partial charge >= 0.3 is 0 Å². The van der Waals surface area contributed by atoms with Crippen LogP contribution in [0.3, 0.4) is 0 Å². The number of nitrogen functional groups attached to an aromatic ring is 1. The Balaban J connectivity index is 1.77. The van der Waals surface area contributed by atoms with Gasteiger partial charge in [0.1, 0.15) is 5.82 Å². The van der Waals surface area contributed by atoms with E-state index in [4.69, 9.17) is 16.6 Å². The third-order valence-corrected chi connectivity index (χ3v) is 4.78. The molecule has 0 aliphatic carbocycles.